The van der Waals surface area contributed by atoms with E-state index in [0.29, 0.717) is 29.4 Å². The van der Waals surface area contributed by atoms with Crippen LogP contribution in [0, 0.1) is 6.92 Å². The van der Waals surface area contributed by atoms with Gasteiger partial charge in [0, 0.05) is 19.5 Å². The third kappa shape index (κ3) is 3.51. The topological polar surface area (TPSA) is 63.4 Å². The zero-order valence-electron chi connectivity index (χ0n) is 10.6. The van der Waals surface area contributed by atoms with Gasteiger partial charge in [-0.1, -0.05) is 37.3 Å². The number of aryl methyl sites for hydroxylation is 1. The van der Waals surface area contributed by atoms with Crippen LogP contribution in [-0.2, 0) is 10.0 Å². The van der Waals surface area contributed by atoms with E-state index in [2.05, 4.69) is 0 Å². The molecule has 1 aromatic carbocycles. The molecule has 0 fully saturated rings. The molecule has 0 aliphatic heterocycles. The summed E-state index contributed by atoms with van der Waals surface area (Å²) in [4.78, 5) is 0.670. The molecule has 0 aliphatic rings. The molecule has 0 radical (unpaired) electrons. The van der Waals surface area contributed by atoms with Gasteiger partial charge in [-0.15, -0.1) is 0 Å². The lowest BCUT2D eigenvalue weighted by molar-refractivity contribution is 0.437. The molecule has 1 aromatic rings. The first-order valence-electron chi connectivity index (χ1n) is 5.73. The Bertz CT molecular complexity index is 527. The maximum absolute atomic E-state index is 12.4. The fourth-order valence-corrected chi connectivity index (χ4v) is 3.43. The van der Waals surface area contributed by atoms with E-state index in [1.165, 1.54) is 4.31 Å². The summed E-state index contributed by atoms with van der Waals surface area (Å²) >= 11 is 4.78. The van der Waals surface area contributed by atoms with Crippen molar-refractivity contribution in [1.82, 2.24) is 4.31 Å². The van der Waals surface area contributed by atoms with Crippen molar-refractivity contribution in [3.05, 3.63) is 29.8 Å². The number of benzene rings is 1. The van der Waals surface area contributed by atoms with Gasteiger partial charge in [-0.2, -0.15) is 4.31 Å². The molecule has 0 aromatic heterocycles. The van der Waals surface area contributed by atoms with Crippen LogP contribution in [0.1, 0.15) is 18.9 Å². The molecule has 0 saturated heterocycles. The number of nitrogens with zero attached hydrogens (tertiary/aromatic N) is 1. The fourth-order valence-electron chi connectivity index (χ4n) is 1.67. The van der Waals surface area contributed by atoms with E-state index in [1.54, 1.807) is 32.0 Å². The van der Waals surface area contributed by atoms with Crippen molar-refractivity contribution in [3.63, 3.8) is 0 Å². The molecule has 1 rings (SSSR count). The average Bonchev–Trinajstić information content (AvgIpc) is 2.29. The Morgan fingerprint density at radius 3 is 2.50 bits per heavy atom. The smallest absolute Gasteiger partial charge is 0.243 e. The Labute approximate surface area is 114 Å². The first kappa shape index (κ1) is 15.1. The van der Waals surface area contributed by atoms with Crippen molar-refractivity contribution < 1.29 is 8.42 Å². The van der Waals surface area contributed by atoms with E-state index in [4.69, 9.17) is 18.0 Å². The lowest BCUT2D eigenvalue weighted by Crippen LogP contribution is -2.34. The molecular formula is C12H18N2O2S2. The molecule has 0 heterocycles. The third-order valence-corrected chi connectivity index (χ3v) is 5.01. The molecule has 0 amide bonds. The molecular weight excluding hydrogens is 268 g/mol. The average molecular weight is 286 g/mol. The summed E-state index contributed by atoms with van der Waals surface area (Å²) in [5, 5.41) is 0. The van der Waals surface area contributed by atoms with E-state index in [1.807, 2.05) is 6.07 Å². The van der Waals surface area contributed by atoms with Gasteiger partial charge in [0.05, 0.1) is 9.88 Å². The van der Waals surface area contributed by atoms with E-state index >= 15 is 0 Å². The van der Waals surface area contributed by atoms with Gasteiger partial charge in [0.25, 0.3) is 0 Å². The SMILES string of the molecule is CCN(CCC(N)=S)S(=O)(=O)c1ccccc1C. The minimum atomic E-state index is -3.46. The van der Waals surface area contributed by atoms with Gasteiger partial charge < -0.3 is 5.73 Å². The van der Waals surface area contributed by atoms with Crippen LogP contribution in [0.15, 0.2) is 29.2 Å². The number of rotatable bonds is 6. The number of sulfonamides is 1. The highest BCUT2D eigenvalue weighted by atomic mass is 32.2. The van der Waals surface area contributed by atoms with Crippen molar-refractivity contribution in [2.24, 2.45) is 5.73 Å². The molecule has 2 N–H and O–H groups in total. The number of thiocarbonyl (C=S) groups is 1. The van der Waals surface area contributed by atoms with Crippen LogP contribution in [-0.4, -0.2) is 30.8 Å². The van der Waals surface area contributed by atoms with Crippen LogP contribution in [0.4, 0.5) is 0 Å². The van der Waals surface area contributed by atoms with E-state index in [9.17, 15) is 8.42 Å². The fraction of sp³-hybridized carbons (Fsp3) is 0.417. The second kappa shape index (κ2) is 6.26. The largest absolute Gasteiger partial charge is 0.393 e. The molecule has 0 spiro atoms. The second-order valence-electron chi connectivity index (χ2n) is 3.98. The molecule has 0 aliphatic carbocycles. The summed E-state index contributed by atoms with van der Waals surface area (Å²) < 4.78 is 26.3. The van der Waals surface area contributed by atoms with Crippen LogP contribution in [0.2, 0.25) is 0 Å². The Morgan fingerprint density at radius 2 is 2.00 bits per heavy atom. The van der Waals surface area contributed by atoms with Crippen LogP contribution < -0.4 is 5.73 Å². The van der Waals surface area contributed by atoms with Crippen molar-refractivity contribution in [2.45, 2.75) is 25.2 Å². The van der Waals surface area contributed by atoms with Crippen molar-refractivity contribution in [3.8, 4) is 0 Å². The molecule has 0 atom stereocenters. The summed E-state index contributed by atoms with van der Waals surface area (Å²) in [6.07, 6.45) is 0.397. The molecule has 0 unspecified atom stereocenters. The summed E-state index contributed by atoms with van der Waals surface area (Å²) in [5.74, 6) is 0. The Balaban J connectivity index is 3.04. The highest BCUT2D eigenvalue weighted by molar-refractivity contribution is 7.89. The summed E-state index contributed by atoms with van der Waals surface area (Å²) in [6.45, 7) is 4.31. The maximum atomic E-state index is 12.4. The van der Waals surface area contributed by atoms with Crippen molar-refractivity contribution in [1.29, 1.82) is 0 Å². The minimum Gasteiger partial charge on any atom is -0.393 e. The van der Waals surface area contributed by atoms with E-state index in [-0.39, 0.29) is 0 Å². The van der Waals surface area contributed by atoms with Crippen molar-refractivity contribution >= 4 is 27.2 Å². The Hall–Kier alpha value is -0.980. The zero-order valence-corrected chi connectivity index (χ0v) is 12.2. The molecule has 100 valence electrons. The van der Waals surface area contributed by atoms with Gasteiger partial charge in [0.15, 0.2) is 0 Å². The van der Waals surface area contributed by atoms with Crippen LogP contribution in [0.5, 0.6) is 0 Å². The lowest BCUT2D eigenvalue weighted by Gasteiger charge is -2.21. The highest BCUT2D eigenvalue weighted by Gasteiger charge is 2.24. The lowest BCUT2D eigenvalue weighted by atomic mass is 10.2. The van der Waals surface area contributed by atoms with Gasteiger partial charge in [0.2, 0.25) is 10.0 Å². The Morgan fingerprint density at radius 1 is 1.39 bits per heavy atom. The highest BCUT2D eigenvalue weighted by Crippen LogP contribution is 2.19. The summed E-state index contributed by atoms with van der Waals surface area (Å²) in [6, 6.07) is 6.95. The molecule has 4 nitrogen and oxygen atoms in total. The molecule has 6 heteroatoms. The monoisotopic (exact) mass is 286 g/mol. The van der Waals surface area contributed by atoms with E-state index < -0.39 is 10.0 Å². The summed E-state index contributed by atoms with van der Waals surface area (Å²) in [7, 11) is -3.46. The number of hydrogen-bond acceptors (Lipinski definition) is 3. The molecule has 0 bridgehead atoms. The van der Waals surface area contributed by atoms with Gasteiger partial charge >= 0.3 is 0 Å². The summed E-state index contributed by atoms with van der Waals surface area (Å²) in [5.41, 5.74) is 6.16. The van der Waals surface area contributed by atoms with Crippen LogP contribution in [0.3, 0.4) is 0 Å². The minimum absolute atomic E-state index is 0.322. The van der Waals surface area contributed by atoms with Crippen LogP contribution >= 0.6 is 12.2 Å². The van der Waals surface area contributed by atoms with Crippen LogP contribution in [0.25, 0.3) is 0 Å². The quantitative estimate of drug-likeness (QED) is 0.808. The van der Waals surface area contributed by atoms with Gasteiger partial charge in [-0.25, -0.2) is 8.42 Å². The Kier molecular flexibility index (Phi) is 5.25. The maximum Gasteiger partial charge on any atom is 0.243 e. The first-order valence-corrected chi connectivity index (χ1v) is 7.58. The molecule has 0 saturated carbocycles. The first-order chi connectivity index (χ1) is 8.39. The van der Waals surface area contributed by atoms with E-state index in [0.717, 1.165) is 5.56 Å². The number of hydrogen-bond donors (Lipinski definition) is 1. The second-order valence-corrected chi connectivity index (χ2v) is 6.41. The van der Waals surface area contributed by atoms with Gasteiger partial charge in [-0.05, 0) is 18.6 Å². The van der Waals surface area contributed by atoms with Crippen molar-refractivity contribution in [2.75, 3.05) is 13.1 Å². The zero-order chi connectivity index (χ0) is 13.8. The normalized spacial score (nSPS) is 11.7. The predicted molar refractivity (Wildman–Crippen MR) is 77.0 cm³/mol. The number of nitrogens with two attached hydrogens (primary N) is 1. The third-order valence-electron chi connectivity index (χ3n) is 2.67. The predicted octanol–water partition coefficient (Wildman–Crippen LogP) is 1.68. The van der Waals surface area contributed by atoms with Gasteiger partial charge in [0.1, 0.15) is 0 Å². The van der Waals surface area contributed by atoms with Gasteiger partial charge in [-0.3, -0.25) is 0 Å². The standard InChI is InChI=1S/C12H18N2O2S2/c1-3-14(9-8-12(13)17)18(15,16)11-7-5-4-6-10(11)2/h4-7H,3,8-9H2,1-2H3,(H2,13,17). The molecule has 18 heavy (non-hydrogen) atoms.